The van der Waals surface area contributed by atoms with Crippen LogP contribution in [0.15, 0.2) is 12.2 Å². The summed E-state index contributed by atoms with van der Waals surface area (Å²) in [6, 6.07) is 0.647. The Labute approximate surface area is 252 Å². The third-order valence-corrected chi connectivity index (χ3v) is 13.6. The van der Waals surface area contributed by atoms with E-state index in [1.165, 1.54) is 45.1 Å². The second-order valence-electron chi connectivity index (χ2n) is 15.7. The SMILES string of the molecule is CC(C1CCCCCN1C)C1C=CC2C3CC(O)C4CC(OC5OC(CO)C(O)C(O)C5O)CCC4(C)C3CCC12C. The molecule has 0 aromatic carbocycles. The molecule has 16 unspecified atom stereocenters. The highest BCUT2D eigenvalue weighted by atomic mass is 16.7. The van der Waals surface area contributed by atoms with Crippen molar-refractivity contribution in [1.29, 1.82) is 0 Å². The van der Waals surface area contributed by atoms with Gasteiger partial charge in [0, 0.05) is 6.04 Å². The highest BCUT2D eigenvalue weighted by Crippen LogP contribution is 2.67. The Hall–Kier alpha value is -0.580. The molecule has 5 fully saturated rings. The van der Waals surface area contributed by atoms with E-state index in [1.807, 2.05) is 0 Å². The van der Waals surface area contributed by atoms with Gasteiger partial charge in [0.05, 0.1) is 18.8 Å². The first-order valence-corrected chi connectivity index (χ1v) is 17.0. The molecule has 0 amide bonds. The largest absolute Gasteiger partial charge is 0.394 e. The average molecular weight is 592 g/mol. The molecule has 2 aliphatic heterocycles. The van der Waals surface area contributed by atoms with Crippen LogP contribution in [0.25, 0.3) is 0 Å². The van der Waals surface area contributed by atoms with E-state index in [0.29, 0.717) is 42.1 Å². The first kappa shape index (κ1) is 31.4. The van der Waals surface area contributed by atoms with E-state index in [0.717, 1.165) is 19.3 Å². The monoisotopic (exact) mass is 591 g/mol. The van der Waals surface area contributed by atoms with Crippen molar-refractivity contribution < 1.29 is 35.0 Å². The van der Waals surface area contributed by atoms with Crippen molar-refractivity contribution in [3.05, 3.63) is 12.2 Å². The Balaban J connectivity index is 1.14. The van der Waals surface area contributed by atoms with Crippen molar-refractivity contribution >= 4 is 0 Å². The lowest BCUT2D eigenvalue weighted by Crippen LogP contribution is -2.61. The molecule has 2 saturated heterocycles. The van der Waals surface area contributed by atoms with E-state index < -0.39 is 43.4 Å². The van der Waals surface area contributed by atoms with Crippen LogP contribution in [0.2, 0.25) is 0 Å². The molecule has 5 N–H and O–H groups in total. The van der Waals surface area contributed by atoms with E-state index >= 15 is 0 Å². The van der Waals surface area contributed by atoms with Gasteiger partial charge in [0.1, 0.15) is 24.4 Å². The maximum atomic E-state index is 11.7. The number of rotatable bonds is 5. The van der Waals surface area contributed by atoms with Gasteiger partial charge in [-0.15, -0.1) is 0 Å². The van der Waals surface area contributed by atoms with Gasteiger partial charge in [-0.05, 0) is 111 Å². The predicted molar refractivity (Wildman–Crippen MR) is 159 cm³/mol. The predicted octanol–water partition coefficient (Wildman–Crippen LogP) is 3.09. The number of allylic oxidation sites excluding steroid dienone is 2. The molecule has 42 heavy (non-hydrogen) atoms. The van der Waals surface area contributed by atoms with E-state index in [9.17, 15) is 25.5 Å². The van der Waals surface area contributed by atoms with Gasteiger partial charge in [0.15, 0.2) is 6.29 Å². The standard InChI is InChI=1S/C34H57NO7/c1-19(26-8-6-5-7-15-35(26)4)22-9-10-23-21-17-27(37)25-16-20(11-13-34(25,3)24(21)12-14-33(22,23)2)41-32-31(40)30(39)29(38)28(18-36)42-32/h9-10,19-32,36-40H,5-8,11-18H2,1-4H3. The van der Waals surface area contributed by atoms with E-state index in [4.69, 9.17) is 9.47 Å². The molecule has 8 nitrogen and oxygen atoms in total. The number of ether oxygens (including phenoxy) is 2. The molecule has 0 radical (unpaired) electrons. The van der Waals surface area contributed by atoms with Crippen molar-refractivity contribution in [3.63, 3.8) is 0 Å². The highest BCUT2D eigenvalue weighted by molar-refractivity contribution is 5.21. The molecule has 4 aliphatic carbocycles. The van der Waals surface area contributed by atoms with Crippen molar-refractivity contribution in [2.75, 3.05) is 20.2 Å². The summed E-state index contributed by atoms with van der Waals surface area (Å²) >= 11 is 0. The van der Waals surface area contributed by atoms with Crippen molar-refractivity contribution in [1.82, 2.24) is 4.90 Å². The van der Waals surface area contributed by atoms with Crippen molar-refractivity contribution in [3.8, 4) is 0 Å². The Morgan fingerprint density at radius 2 is 1.67 bits per heavy atom. The number of aliphatic hydroxyl groups excluding tert-OH is 5. The summed E-state index contributed by atoms with van der Waals surface area (Å²) in [6.45, 7) is 8.21. The van der Waals surface area contributed by atoms with Gasteiger partial charge in [-0.2, -0.15) is 0 Å². The molecule has 0 bridgehead atoms. The molecule has 3 saturated carbocycles. The van der Waals surface area contributed by atoms with Crippen LogP contribution in [0.5, 0.6) is 0 Å². The Morgan fingerprint density at radius 1 is 0.905 bits per heavy atom. The molecular formula is C34H57NO7. The molecule has 0 aromatic rings. The zero-order chi connectivity index (χ0) is 30.0. The lowest BCUT2D eigenvalue weighted by Gasteiger charge is -2.62. The summed E-state index contributed by atoms with van der Waals surface area (Å²) in [5.74, 6) is 2.88. The number of hydrogen-bond acceptors (Lipinski definition) is 8. The molecule has 6 aliphatic rings. The zero-order valence-electron chi connectivity index (χ0n) is 26.2. The highest BCUT2D eigenvalue weighted by Gasteiger charge is 2.62. The van der Waals surface area contributed by atoms with E-state index in [1.54, 1.807) is 0 Å². The number of aliphatic hydroxyl groups is 5. The molecule has 6 rings (SSSR count). The minimum absolute atomic E-state index is 0.0257. The van der Waals surface area contributed by atoms with Gasteiger partial charge in [-0.25, -0.2) is 0 Å². The summed E-state index contributed by atoms with van der Waals surface area (Å²) < 4.78 is 11.8. The fourth-order valence-electron chi connectivity index (χ4n) is 11.2. The molecule has 16 atom stereocenters. The smallest absolute Gasteiger partial charge is 0.186 e. The van der Waals surface area contributed by atoms with Crippen LogP contribution in [0.3, 0.4) is 0 Å². The van der Waals surface area contributed by atoms with Crippen LogP contribution in [0.1, 0.15) is 85.0 Å². The minimum atomic E-state index is -1.44. The van der Waals surface area contributed by atoms with Crippen LogP contribution in [0, 0.1) is 46.3 Å². The number of fused-ring (bicyclic) bond motifs is 5. The maximum absolute atomic E-state index is 11.7. The van der Waals surface area contributed by atoms with E-state index in [-0.39, 0.29) is 22.9 Å². The first-order chi connectivity index (χ1) is 20.0. The summed E-state index contributed by atoms with van der Waals surface area (Å²) in [6.07, 6.45) is 9.17. The average Bonchev–Trinajstić information content (AvgIpc) is 3.18. The third kappa shape index (κ3) is 5.14. The molecule has 2 heterocycles. The Bertz CT molecular complexity index is 978. The molecule has 240 valence electrons. The number of nitrogens with zero attached hydrogens (tertiary/aromatic N) is 1. The Kier molecular flexibility index (Phi) is 8.95. The molecule has 0 spiro atoms. The molecule has 0 aromatic heterocycles. The summed E-state index contributed by atoms with van der Waals surface area (Å²) in [4.78, 5) is 2.63. The topological polar surface area (TPSA) is 123 Å². The van der Waals surface area contributed by atoms with Crippen LogP contribution < -0.4 is 0 Å². The number of hydrogen-bond donors (Lipinski definition) is 5. The Morgan fingerprint density at radius 3 is 2.43 bits per heavy atom. The fourth-order valence-corrected chi connectivity index (χ4v) is 11.2. The lowest BCUT2D eigenvalue weighted by atomic mass is 9.43. The van der Waals surface area contributed by atoms with Crippen LogP contribution in [0.4, 0.5) is 0 Å². The van der Waals surface area contributed by atoms with Crippen LogP contribution >= 0.6 is 0 Å². The quantitative estimate of drug-likeness (QED) is 0.244. The van der Waals surface area contributed by atoms with Gasteiger partial charge < -0.3 is 39.9 Å². The van der Waals surface area contributed by atoms with Gasteiger partial charge in [-0.1, -0.05) is 45.8 Å². The van der Waals surface area contributed by atoms with Crippen molar-refractivity contribution in [2.24, 2.45) is 46.3 Å². The first-order valence-electron chi connectivity index (χ1n) is 17.0. The van der Waals surface area contributed by atoms with Gasteiger partial charge in [0.25, 0.3) is 0 Å². The molecular weight excluding hydrogens is 534 g/mol. The van der Waals surface area contributed by atoms with Crippen molar-refractivity contribution in [2.45, 2.75) is 134 Å². The second-order valence-corrected chi connectivity index (χ2v) is 15.7. The van der Waals surface area contributed by atoms with Crippen LogP contribution in [-0.4, -0.2) is 99.6 Å². The van der Waals surface area contributed by atoms with E-state index in [2.05, 4.69) is 44.9 Å². The normalized spacial score (nSPS) is 54.0. The van der Waals surface area contributed by atoms with Gasteiger partial charge in [-0.3, -0.25) is 0 Å². The maximum Gasteiger partial charge on any atom is 0.186 e. The fraction of sp³-hybridized carbons (Fsp3) is 0.941. The van der Waals surface area contributed by atoms with Crippen LogP contribution in [-0.2, 0) is 9.47 Å². The summed E-state index contributed by atoms with van der Waals surface area (Å²) in [7, 11) is 2.33. The lowest BCUT2D eigenvalue weighted by molar-refractivity contribution is -0.317. The van der Waals surface area contributed by atoms with Gasteiger partial charge in [0.2, 0.25) is 0 Å². The zero-order valence-corrected chi connectivity index (χ0v) is 26.2. The number of likely N-dealkylation sites (tertiary alicyclic amines) is 1. The summed E-state index contributed by atoms with van der Waals surface area (Å²) in [5, 5.41) is 52.2. The van der Waals surface area contributed by atoms with Gasteiger partial charge >= 0.3 is 0 Å². The molecule has 8 heteroatoms. The third-order valence-electron chi connectivity index (χ3n) is 13.6. The summed E-state index contributed by atoms with van der Waals surface area (Å²) in [5.41, 5.74) is 0.276. The second kappa shape index (κ2) is 12.0. The minimum Gasteiger partial charge on any atom is -0.394 e.